The monoisotopic (exact) mass is 283 g/mol. The highest BCUT2D eigenvalue weighted by atomic mass is 19.1. The van der Waals surface area contributed by atoms with Gasteiger partial charge in [-0.15, -0.1) is 0 Å². The number of fused-ring (bicyclic) bond motifs is 2. The van der Waals surface area contributed by atoms with Crippen LogP contribution in [-0.4, -0.2) is 12.6 Å². The van der Waals surface area contributed by atoms with Crippen molar-refractivity contribution in [3.63, 3.8) is 0 Å². The van der Waals surface area contributed by atoms with Crippen molar-refractivity contribution < 1.29 is 9.13 Å². The molecule has 0 bridgehead atoms. The number of hydrogen-bond acceptors (Lipinski definition) is 2. The minimum absolute atomic E-state index is 0.130. The number of nitrogens with one attached hydrogen (secondary N) is 1. The van der Waals surface area contributed by atoms with Gasteiger partial charge >= 0.3 is 0 Å². The third-order valence-electron chi connectivity index (χ3n) is 4.48. The van der Waals surface area contributed by atoms with Crippen molar-refractivity contribution in [3.05, 3.63) is 65.0 Å². The van der Waals surface area contributed by atoms with Gasteiger partial charge in [0.2, 0.25) is 0 Å². The van der Waals surface area contributed by atoms with Crippen molar-refractivity contribution in [2.24, 2.45) is 0 Å². The van der Waals surface area contributed by atoms with Crippen LogP contribution in [-0.2, 0) is 12.8 Å². The SMILES string of the molecule is Fc1ccc2c(c1)CC(CC1NCCc3ccccc31)O2. The largest absolute Gasteiger partial charge is 0.490 e. The Morgan fingerprint density at radius 2 is 2.05 bits per heavy atom. The summed E-state index contributed by atoms with van der Waals surface area (Å²) in [7, 11) is 0. The van der Waals surface area contributed by atoms with Gasteiger partial charge in [0, 0.05) is 24.4 Å². The Morgan fingerprint density at radius 1 is 1.14 bits per heavy atom. The molecular formula is C18H18FNO. The van der Waals surface area contributed by atoms with Crippen molar-refractivity contribution in [2.45, 2.75) is 31.4 Å². The minimum atomic E-state index is -0.181. The third kappa shape index (κ3) is 2.42. The molecule has 2 heterocycles. The molecule has 2 aromatic carbocycles. The summed E-state index contributed by atoms with van der Waals surface area (Å²) in [4.78, 5) is 0. The van der Waals surface area contributed by atoms with Gasteiger partial charge in [-0.05, 0) is 42.3 Å². The first-order valence-corrected chi connectivity index (χ1v) is 7.56. The maximum absolute atomic E-state index is 13.3. The van der Waals surface area contributed by atoms with Crippen LogP contribution in [0.5, 0.6) is 5.75 Å². The number of ether oxygens (including phenoxy) is 1. The van der Waals surface area contributed by atoms with Crippen LogP contribution in [0.25, 0.3) is 0 Å². The van der Waals surface area contributed by atoms with E-state index >= 15 is 0 Å². The first-order chi connectivity index (χ1) is 10.3. The number of hydrogen-bond donors (Lipinski definition) is 1. The molecule has 0 saturated heterocycles. The molecule has 21 heavy (non-hydrogen) atoms. The van der Waals surface area contributed by atoms with Gasteiger partial charge in [0.05, 0.1) is 0 Å². The second-order valence-electron chi connectivity index (χ2n) is 5.89. The minimum Gasteiger partial charge on any atom is -0.490 e. The van der Waals surface area contributed by atoms with Crippen LogP contribution in [0.4, 0.5) is 4.39 Å². The Morgan fingerprint density at radius 3 is 3.00 bits per heavy atom. The van der Waals surface area contributed by atoms with E-state index in [0.717, 1.165) is 37.1 Å². The second-order valence-corrected chi connectivity index (χ2v) is 5.89. The van der Waals surface area contributed by atoms with Crippen LogP contribution in [0.2, 0.25) is 0 Å². The molecule has 3 heteroatoms. The van der Waals surface area contributed by atoms with E-state index in [4.69, 9.17) is 4.74 Å². The summed E-state index contributed by atoms with van der Waals surface area (Å²) >= 11 is 0. The molecule has 108 valence electrons. The summed E-state index contributed by atoms with van der Waals surface area (Å²) in [5, 5.41) is 3.59. The maximum atomic E-state index is 13.3. The van der Waals surface area contributed by atoms with Gasteiger partial charge in [-0.3, -0.25) is 0 Å². The smallest absolute Gasteiger partial charge is 0.123 e. The Kier molecular flexibility index (Phi) is 3.15. The van der Waals surface area contributed by atoms with Gasteiger partial charge in [-0.25, -0.2) is 4.39 Å². The molecule has 0 fully saturated rings. The quantitative estimate of drug-likeness (QED) is 0.912. The zero-order chi connectivity index (χ0) is 14.2. The molecule has 1 N–H and O–H groups in total. The van der Waals surface area contributed by atoms with E-state index in [0.29, 0.717) is 6.04 Å². The highest BCUT2D eigenvalue weighted by Crippen LogP contribution is 2.34. The first-order valence-electron chi connectivity index (χ1n) is 7.56. The molecule has 2 atom stereocenters. The lowest BCUT2D eigenvalue weighted by atomic mass is 9.90. The maximum Gasteiger partial charge on any atom is 0.123 e. The lowest BCUT2D eigenvalue weighted by Crippen LogP contribution is -2.33. The van der Waals surface area contributed by atoms with E-state index in [9.17, 15) is 4.39 Å². The van der Waals surface area contributed by atoms with E-state index < -0.39 is 0 Å². The fourth-order valence-corrected chi connectivity index (χ4v) is 3.49. The van der Waals surface area contributed by atoms with Gasteiger partial charge in [0.15, 0.2) is 0 Å². The molecule has 0 aromatic heterocycles. The standard InChI is InChI=1S/C18H18FNO/c19-14-5-6-18-13(9-14)10-15(21-18)11-17-16-4-2-1-3-12(16)7-8-20-17/h1-6,9,15,17,20H,7-8,10-11H2. The van der Waals surface area contributed by atoms with Crippen LogP contribution in [0.1, 0.15) is 29.2 Å². The predicted molar refractivity (Wildman–Crippen MR) is 80.0 cm³/mol. The fraction of sp³-hybridized carbons (Fsp3) is 0.333. The molecule has 2 nitrogen and oxygen atoms in total. The molecule has 0 spiro atoms. The molecule has 2 aliphatic heterocycles. The average molecular weight is 283 g/mol. The van der Waals surface area contributed by atoms with Crippen molar-refractivity contribution in [3.8, 4) is 5.75 Å². The summed E-state index contributed by atoms with van der Waals surface area (Å²) < 4.78 is 19.2. The Hall–Kier alpha value is -1.87. The molecule has 2 aliphatic rings. The van der Waals surface area contributed by atoms with Crippen LogP contribution in [0, 0.1) is 5.82 Å². The van der Waals surface area contributed by atoms with Crippen molar-refractivity contribution >= 4 is 0 Å². The van der Waals surface area contributed by atoms with E-state index in [2.05, 4.69) is 29.6 Å². The first kappa shape index (κ1) is 12.8. The van der Waals surface area contributed by atoms with E-state index in [1.165, 1.54) is 17.2 Å². The summed E-state index contributed by atoms with van der Waals surface area (Å²) in [6, 6.07) is 13.8. The topological polar surface area (TPSA) is 21.3 Å². The number of rotatable bonds is 2. The Balaban J connectivity index is 1.52. The highest BCUT2D eigenvalue weighted by molar-refractivity contribution is 5.38. The zero-order valence-corrected chi connectivity index (χ0v) is 11.8. The molecule has 2 unspecified atom stereocenters. The summed E-state index contributed by atoms with van der Waals surface area (Å²) in [5.74, 6) is 0.657. The molecule has 2 aromatic rings. The van der Waals surface area contributed by atoms with Crippen LogP contribution >= 0.6 is 0 Å². The summed E-state index contributed by atoms with van der Waals surface area (Å²) in [6.07, 6.45) is 2.94. The molecule has 4 rings (SSSR count). The van der Waals surface area contributed by atoms with Crippen molar-refractivity contribution in [1.29, 1.82) is 0 Å². The average Bonchev–Trinajstić information content (AvgIpc) is 2.89. The number of halogens is 1. The summed E-state index contributed by atoms with van der Waals surface area (Å²) in [6.45, 7) is 1.01. The van der Waals surface area contributed by atoms with Gasteiger partial charge in [0.25, 0.3) is 0 Å². The lowest BCUT2D eigenvalue weighted by Gasteiger charge is -2.28. The van der Waals surface area contributed by atoms with E-state index in [1.54, 1.807) is 12.1 Å². The Bertz CT molecular complexity index is 670. The molecular weight excluding hydrogens is 265 g/mol. The molecule has 0 radical (unpaired) electrons. The van der Waals surface area contributed by atoms with Crippen LogP contribution in [0.15, 0.2) is 42.5 Å². The predicted octanol–water partition coefficient (Wildman–Crippen LogP) is 3.41. The van der Waals surface area contributed by atoms with Gasteiger partial charge in [-0.1, -0.05) is 24.3 Å². The van der Waals surface area contributed by atoms with E-state index in [-0.39, 0.29) is 11.9 Å². The molecule has 0 aliphatic carbocycles. The molecule has 0 saturated carbocycles. The van der Waals surface area contributed by atoms with Gasteiger partial charge in [0.1, 0.15) is 17.7 Å². The second kappa shape index (κ2) is 5.15. The molecule has 0 amide bonds. The normalized spacial score (nSPS) is 23.3. The van der Waals surface area contributed by atoms with Gasteiger partial charge < -0.3 is 10.1 Å². The van der Waals surface area contributed by atoms with Crippen LogP contribution < -0.4 is 10.1 Å². The van der Waals surface area contributed by atoms with Crippen LogP contribution in [0.3, 0.4) is 0 Å². The summed E-state index contributed by atoms with van der Waals surface area (Å²) in [5.41, 5.74) is 3.81. The highest BCUT2D eigenvalue weighted by Gasteiger charge is 2.28. The third-order valence-corrected chi connectivity index (χ3v) is 4.48. The van der Waals surface area contributed by atoms with Crippen molar-refractivity contribution in [1.82, 2.24) is 5.32 Å². The fourth-order valence-electron chi connectivity index (χ4n) is 3.49. The Labute approximate surface area is 123 Å². The zero-order valence-electron chi connectivity index (χ0n) is 11.8. The van der Waals surface area contributed by atoms with Crippen molar-refractivity contribution in [2.75, 3.05) is 6.54 Å². The number of benzene rings is 2. The van der Waals surface area contributed by atoms with Gasteiger partial charge in [-0.2, -0.15) is 0 Å². The lowest BCUT2D eigenvalue weighted by molar-refractivity contribution is 0.200. The van der Waals surface area contributed by atoms with E-state index in [1.807, 2.05) is 0 Å².